The second kappa shape index (κ2) is 5.76. The van der Waals surface area contributed by atoms with E-state index in [9.17, 15) is 0 Å². The minimum Gasteiger partial charge on any atom is -0.481 e. The van der Waals surface area contributed by atoms with Gasteiger partial charge in [-0.15, -0.1) is 22.9 Å². The van der Waals surface area contributed by atoms with Crippen molar-refractivity contribution in [2.75, 3.05) is 7.11 Å². The number of pyridine rings is 1. The zero-order valence-electron chi connectivity index (χ0n) is 10.9. The first-order chi connectivity index (χ1) is 9.81. The number of aromatic nitrogens is 4. The topological polar surface area (TPSA) is 52.8 Å². The van der Waals surface area contributed by atoms with Crippen LogP contribution in [0.2, 0.25) is 0 Å². The van der Waals surface area contributed by atoms with Crippen molar-refractivity contribution in [2.24, 2.45) is 0 Å². The first kappa shape index (κ1) is 13.3. The maximum Gasteiger partial charge on any atom is 0.215 e. The number of nitrogens with zero attached hydrogens (tertiary/aromatic N) is 4. The Bertz CT molecular complexity index is 711. The zero-order valence-corrected chi connectivity index (χ0v) is 12.5. The molecule has 0 atom stereocenters. The lowest BCUT2D eigenvalue weighted by Gasteiger charge is -2.06. The highest BCUT2D eigenvalue weighted by Gasteiger charge is 2.12. The molecule has 104 valence electrons. The Hall–Kier alpha value is -1.66. The molecule has 3 heterocycles. The normalized spacial score (nSPS) is 11.1. The number of methoxy groups -OCH3 is 1. The molecule has 0 radical (unpaired) electrons. The van der Waals surface area contributed by atoms with Gasteiger partial charge >= 0.3 is 0 Å². The summed E-state index contributed by atoms with van der Waals surface area (Å²) >= 11 is 7.63. The van der Waals surface area contributed by atoms with Crippen LogP contribution in [0.1, 0.15) is 10.8 Å². The third-order valence-corrected chi connectivity index (χ3v) is 4.09. The fourth-order valence-electron chi connectivity index (χ4n) is 2.07. The van der Waals surface area contributed by atoms with Gasteiger partial charge in [-0.05, 0) is 6.07 Å². The van der Waals surface area contributed by atoms with Crippen LogP contribution in [0.3, 0.4) is 0 Å². The highest BCUT2D eigenvalue weighted by molar-refractivity contribution is 7.09. The van der Waals surface area contributed by atoms with Crippen LogP contribution in [0.25, 0.3) is 11.2 Å². The molecule has 0 unspecified atom stereocenters. The second-order valence-electron chi connectivity index (χ2n) is 4.19. The van der Waals surface area contributed by atoms with Crippen molar-refractivity contribution in [1.29, 1.82) is 0 Å². The number of thiazole rings is 1. The molecule has 0 amide bonds. The van der Waals surface area contributed by atoms with E-state index < -0.39 is 0 Å². The standard InChI is InChI=1S/C13H13ClN4OS/c1-19-11-3-2-9-13(17-11)18(10(8-14)16-9)6-4-12-15-5-7-20-12/h2-3,5,7H,4,6,8H2,1H3. The third kappa shape index (κ3) is 2.48. The minimum atomic E-state index is 0.358. The van der Waals surface area contributed by atoms with Gasteiger partial charge in [0.05, 0.1) is 18.0 Å². The van der Waals surface area contributed by atoms with Crippen LogP contribution in [0, 0.1) is 0 Å². The summed E-state index contributed by atoms with van der Waals surface area (Å²) in [5, 5.41) is 3.07. The van der Waals surface area contributed by atoms with Gasteiger partial charge in [-0.1, -0.05) is 0 Å². The van der Waals surface area contributed by atoms with E-state index in [1.807, 2.05) is 22.2 Å². The molecular formula is C13H13ClN4OS. The lowest BCUT2D eigenvalue weighted by molar-refractivity contribution is 0.399. The summed E-state index contributed by atoms with van der Waals surface area (Å²) in [5.41, 5.74) is 1.64. The summed E-state index contributed by atoms with van der Waals surface area (Å²) in [5.74, 6) is 1.75. The van der Waals surface area contributed by atoms with Crippen LogP contribution in [0.5, 0.6) is 5.88 Å². The number of rotatable bonds is 5. The predicted molar refractivity (Wildman–Crippen MR) is 79.5 cm³/mol. The molecule has 0 aliphatic heterocycles. The van der Waals surface area contributed by atoms with Crippen LogP contribution in [-0.2, 0) is 18.8 Å². The molecule has 0 fully saturated rings. The smallest absolute Gasteiger partial charge is 0.215 e. The minimum absolute atomic E-state index is 0.358. The number of fused-ring (bicyclic) bond motifs is 1. The summed E-state index contributed by atoms with van der Waals surface area (Å²) in [4.78, 5) is 13.3. The third-order valence-electron chi connectivity index (χ3n) is 3.01. The molecule has 3 rings (SSSR count). The Labute approximate surface area is 125 Å². The first-order valence-electron chi connectivity index (χ1n) is 6.16. The fraction of sp³-hybridized carbons (Fsp3) is 0.308. The van der Waals surface area contributed by atoms with Gasteiger partial charge in [-0.3, -0.25) is 0 Å². The summed E-state index contributed by atoms with van der Waals surface area (Å²) in [6.07, 6.45) is 2.65. The summed E-state index contributed by atoms with van der Waals surface area (Å²) in [6.45, 7) is 0.756. The van der Waals surface area contributed by atoms with Gasteiger partial charge in [-0.25, -0.2) is 9.97 Å². The maximum absolute atomic E-state index is 5.98. The van der Waals surface area contributed by atoms with E-state index in [4.69, 9.17) is 16.3 Å². The van der Waals surface area contributed by atoms with E-state index in [-0.39, 0.29) is 0 Å². The van der Waals surface area contributed by atoms with Gasteiger partial charge in [0.1, 0.15) is 11.3 Å². The Morgan fingerprint density at radius 3 is 2.95 bits per heavy atom. The van der Waals surface area contributed by atoms with Gasteiger partial charge in [0.25, 0.3) is 0 Å². The van der Waals surface area contributed by atoms with Crippen LogP contribution >= 0.6 is 22.9 Å². The van der Waals surface area contributed by atoms with Gasteiger partial charge in [0.15, 0.2) is 5.65 Å². The monoisotopic (exact) mass is 308 g/mol. The Morgan fingerprint density at radius 2 is 2.25 bits per heavy atom. The van der Waals surface area contributed by atoms with Crippen molar-refractivity contribution in [1.82, 2.24) is 19.5 Å². The van der Waals surface area contributed by atoms with Crippen LogP contribution in [0.4, 0.5) is 0 Å². The maximum atomic E-state index is 5.98. The molecule has 7 heteroatoms. The number of hydrogen-bond donors (Lipinski definition) is 0. The number of alkyl halides is 1. The molecular weight excluding hydrogens is 296 g/mol. The lowest BCUT2D eigenvalue weighted by Crippen LogP contribution is -2.06. The summed E-state index contributed by atoms with van der Waals surface area (Å²) in [6, 6.07) is 3.70. The highest BCUT2D eigenvalue weighted by Crippen LogP contribution is 2.20. The van der Waals surface area contributed by atoms with Gasteiger partial charge in [0.2, 0.25) is 5.88 Å². The molecule has 0 aliphatic rings. The number of hydrogen-bond acceptors (Lipinski definition) is 5. The van der Waals surface area contributed by atoms with E-state index in [0.717, 1.165) is 35.0 Å². The molecule has 3 aromatic rings. The Kier molecular flexibility index (Phi) is 3.84. The largest absolute Gasteiger partial charge is 0.481 e. The SMILES string of the molecule is COc1ccc2nc(CCl)n(CCc3nccs3)c2n1. The van der Waals surface area contributed by atoms with Crippen molar-refractivity contribution in [2.45, 2.75) is 18.8 Å². The number of aryl methyl sites for hydroxylation is 2. The van der Waals surface area contributed by atoms with Crippen LogP contribution in [0.15, 0.2) is 23.7 Å². The molecule has 3 aromatic heterocycles. The highest BCUT2D eigenvalue weighted by atomic mass is 35.5. The molecule has 0 saturated heterocycles. The molecule has 0 saturated carbocycles. The zero-order chi connectivity index (χ0) is 13.9. The lowest BCUT2D eigenvalue weighted by atomic mass is 10.4. The summed E-state index contributed by atoms with van der Waals surface area (Å²) in [7, 11) is 1.60. The quantitative estimate of drug-likeness (QED) is 0.680. The van der Waals surface area contributed by atoms with E-state index in [1.54, 1.807) is 24.5 Å². The number of imidazole rings is 1. The van der Waals surface area contributed by atoms with Crippen molar-refractivity contribution in [3.63, 3.8) is 0 Å². The molecule has 0 N–H and O–H groups in total. The van der Waals surface area contributed by atoms with E-state index in [2.05, 4.69) is 15.0 Å². The van der Waals surface area contributed by atoms with Crippen LogP contribution < -0.4 is 4.74 Å². The predicted octanol–water partition coefficient (Wildman–Crippen LogP) is 2.88. The van der Waals surface area contributed by atoms with Crippen molar-refractivity contribution >= 4 is 34.1 Å². The molecule has 0 bridgehead atoms. The second-order valence-corrected chi connectivity index (χ2v) is 5.43. The van der Waals surface area contributed by atoms with E-state index in [1.165, 1.54) is 0 Å². The van der Waals surface area contributed by atoms with Crippen molar-refractivity contribution < 1.29 is 4.74 Å². The summed E-state index contributed by atoms with van der Waals surface area (Å²) < 4.78 is 7.21. The Balaban J connectivity index is 1.97. The molecule has 20 heavy (non-hydrogen) atoms. The Morgan fingerprint density at radius 1 is 1.35 bits per heavy atom. The van der Waals surface area contributed by atoms with Gasteiger partial charge in [-0.2, -0.15) is 4.98 Å². The van der Waals surface area contributed by atoms with E-state index in [0.29, 0.717) is 11.8 Å². The van der Waals surface area contributed by atoms with Crippen LogP contribution in [-0.4, -0.2) is 26.6 Å². The fourth-order valence-corrected chi connectivity index (χ4v) is 2.88. The molecule has 0 aliphatic carbocycles. The van der Waals surface area contributed by atoms with Crippen molar-refractivity contribution in [3.05, 3.63) is 34.5 Å². The molecule has 0 spiro atoms. The van der Waals surface area contributed by atoms with Gasteiger partial charge < -0.3 is 9.30 Å². The van der Waals surface area contributed by atoms with Crippen molar-refractivity contribution in [3.8, 4) is 5.88 Å². The average Bonchev–Trinajstić information content (AvgIpc) is 3.11. The first-order valence-corrected chi connectivity index (χ1v) is 7.57. The average molecular weight is 309 g/mol. The molecule has 5 nitrogen and oxygen atoms in total. The molecule has 0 aromatic carbocycles. The number of ether oxygens (including phenoxy) is 1. The van der Waals surface area contributed by atoms with Gasteiger partial charge in [0, 0.05) is 30.6 Å². The van der Waals surface area contributed by atoms with E-state index >= 15 is 0 Å². The number of halogens is 1.